The van der Waals surface area contributed by atoms with E-state index in [0.717, 1.165) is 51.7 Å². The molecular weight excluding hydrogens is 508 g/mol. The Bertz CT molecular complexity index is 1880. The minimum Gasteiger partial charge on any atom is -0.341 e. The van der Waals surface area contributed by atoms with Crippen LogP contribution in [0.5, 0.6) is 0 Å². The van der Waals surface area contributed by atoms with Gasteiger partial charge in [0.25, 0.3) is 5.91 Å². The zero-order valence-electron chi connectivity index (χ0n) is 21.3. The monoisotopic (exact) mass is 532 g/mol. The summed E-state index contributed by atoms with van der Waals surface area (Å²) in [5.74, 6) is 0.824. The van der Waals surface area contributed by atoms with Gasteiger partial charge < -0.3 is 9.88 Å². The van der Waals surface area contributed by atoms with Crippen LogP contribution < -0.4 is 5.32 Å². The van der Waals surface area contributed by atoms with Crippen LogP contribution in [-0.4, -0.2) is 30.2 Å². The normalized spacial score (nSPS) is 16.9. The predicted octanol–water partition coefficient (Wildman–Crippen LogP) is 6.00. The van der Waals surface area contributed by atoms with Gasteiger partial charge in [0, 0.05) is 12.1 Å². The van der Waals surface area contributed by atoms with Crippen LogP contribution in [0, 0.1) is 6.92 Å². The second kappa shape index (κ2) is 9.06. The van der Waals surface area contributed by atoms with Gasteiger partial charge in [-0.05, 0) is 71.6 Å². The van der Waals surface area contributed by atoms with E-state index in [1.165, 1.54) is 5.56 Å². The van der Waals surface area contributed by atoms with E-state index in [0.29, 0.717) is 17.1 Å². The molecule has 0 spiro atoms. The quantitative estimate of drug-likeness (QED) is 0.302. The number of imidazole rings is 1. The summed E-state index contributed by atoms with van der Waals surface area (Å²) in [5.41, 5.74) is 4.86. The lowest BCUT2D eigenvalue weighted by Gasteiger charge is -2.39. The Morgan fingerprint density at radius 1 is 0.949 bits per heavy atom. The smallest absolute Gasteiger partial charge is 0.253 e. The van der Waals surface area contributed by atoms with Gasteiger partial charge in [-0.3, -0.25) is 9.36 Å². The maximum Gasteiger partial charge on any atom is 0.253 e. The van der Waals surface area contributed by atoms with E-state index >= 15 is 0 Å². The van der Waals surface area contributed by atoms with Gasteiger partial charge in [-0.2, -0.15) is 0 Å². The van der Waals surface area contributed by atoms with Crippen LogP contribution in [0.3, 0.4) is 0 Å². The van der Waals surface area contributed by atoms with E-state index in [2.05, 4.69) is 75.5 Å². The first kappa shape index (κ1) is 23.6. The average molecular weight is 533 g/mol. The maximum absolute atomic E-state index is 13.9. The molecule has 1 aliphatic heterocycles. The van der Waals surface area contributed by atoms with E-state index in [1.54, 1.807) is 29.4 Å². The molecule has 1 amide bonds. The molecule has 1 aliphatic rings. The van der Waals surface area contributed by atoms with Crippen molar-refractivity contribution in [2.45, 2.75) is 31.8 Å². The van der Waals surface area contributed by atoms with Gasteiger partial charge in [0.05, 0.1) is 33.7 Å². The molecule has 0 saturated heterocycles. The number of fused-ring (bicyclic) bond motifs is 4. The molecule has 0 aliphatic carbocycles. The molecule has 0 radical (unpaired) electrons. The number of hydrogen-bond donors (Lipinski definition) is 1. The summed E-state index contributed by atoms with van der Waals surface area (Å²) < 4.78 is 4.00. The zero-order chi connectivity index (χ0) is 26.6. The molecule has 0 fully saturated rings. The first-order valence-corrected chi connectivity index (χ1v) is 13.3. The Kier molecular flexibility index (Phi) is 5.49. The lowest BCUT2D eigenvalue weighted by molar-refractivity contribution is 0.0867. The average Bonchev–Trinajstić information content (AvgIpc) is 3.60. The first-order chi connectivity index (χ1) is 19.0. The highest BCUT2D eigenvalue weighted by Crippen LogP contribution is 2.37. The van der Waals surface area contributed by atoms with Gasteiger partial charge in [-0.15, -0.1) is 10.2 Å². The van der Waals surface area contributed by atoms with Crippen molar-refractivity contribution in [1.29, 1.82) is 0 Å². The number of aromatic nitrogens is 5. The number of aryl methyl sites for hydroxylation is 2. The molecule has 6 aromatic rings. The molecule has 7 rings (SSSR count). The largest absolute Gasteiger partial charge is 0.341 e. The maximum atomic E-state index is 13.9. The summed E-state index contributed by atoms with van der Waals surface area (Å²) in [4.78, 5) is 18.8. The molecular formula is C31H25ClN6O. The third kappa shape index (κ3) is 4.06. The molecule has 0 unspecified atom stereocenters. The van der Waals surface area contributed by atoms with Gasteiger partial charge in [0.15, 0.2) is 0 Å². The summed E-state index contributed by atoms with van der Waals surface area (Å²) in [5, 5.41) is 13.8. The molecule has 2 aromatic heterocycles. The van der Waals surface area contributed by atoms with Crippen LogP contribution in [0.2, 0.25) is 5.02 Å². The number of amides is 1. The highest BCUT2D eigenvalue weighted by Gasteiger charge is 2.39. The third-order valence-electron chi connectivity index (χ3n) is 7.76. The minimum absolute atomic E-state index is 0.216. The van der Waals surface area contributed by atoms with E-state index in [1.807, 2.05) is 18.2 Å². The van der Waals surface area contributed by atoms with Crippen molar-refractivity contribution in [1.82, 2.24) is 29.6 Å². The van der Waals surface area contributed by atoms with Crippen LogP contribution in [0.25, 0.3) is 27.5 Å². The Labute approximate surface area is 230 Å². The number of carbonyl (C=O) groups excluding carboxylic acids is 1. The number of rotatable bonds is 4. The van der Waals surface area contributed by atoms with Gasteiger partial charge in [-0.25, -0.2) is 4.98 Å². The van der Waals surface area contributed by atoms with Crippen LogP contribution in [-0.2, 0) is 18.5 Å². The minimum atomic E-state index is -0.650. The molecule has 0 bridgehead atoms. The SMILES string of the molecule is Cc1ccc2c(c1)nc1n2C[C@@](NC(=O)c2ccc(-n3cnnc3)cc2Cl)(c2ccc3ccccc3c2)CC1. The zero-order valence-corrected chi connectivity index (χ0v) is 22.1. The van der Waals surface area contributed by atoms with Gasteiger partial charge in [0.1, 0.15) is 18.5 Å². The van der Waals surface area contributed by atoms with Crippen LogP contribution >= 0.6 is 11.6 Å². The number of halogens is 1. The highest BCUT2D eigenvalue weighted by atomic mass is 35.5. The summed E-state index contributed by atoms with van der Waals surface area (Å²) in [6, 6.07) is 26.5. The second-order valence-electron chi connectivity index (χ2n) is 10.2. The lowest BCUT2D eigenvalue weighted by Crippen LogP contribution is -2.51. The van der Waals surface area contributed by atoms with Crippen molar-refractivity contribution in [2.75, 3.05) is 0 Å². The van der Waals surface area contributed by atoms with Crippen LogP contribution in [0.4, 0.5) is 0 Å². The summed E-state index contributed by atoms with van der Waals surface area (Å²) in [6.07, 6.45) is 4.64. The number of hydrogen-bond acceptors (Lipinski definition) is 4. The standard InChI is InChI=1S/C31H25ClN6O/c1-20-6-11-28-27(14-20)35-29-12-13-31(17-38(28)29,23-8-7-21-4-2-3-5-22(21)15-23)36-30(39)25-10-9-24(16-26(25)32)37-18-33-34-19-37/h2-11,14-16,18-19H,12-13,17H2,1H3,(H,36,39)/t31-/m1/s1. The molecule has 4 aromatic carbocycles. The summed E-state index contributed by atoms with van der Waals surface area (Å²) in [6.45, 7) is 2.65. The molecule has 7 nitrogen and oxygen atoms in total. The molecule has 39 heavy (non-hydrogen) atoms. The van der Waals surface area contributed by atoms with Crippen molar-refractivity contribution in [2.24, 2.45) is 0 Å². The van der Waals surface area contributed by atoms with E-state index in [9.17, 15) is 4.79 Å². The van der Waals surface area contributed by atoms with Crippen molar-refractivity contribution in [3.05, 3.63) is 119 Å². The Morgan fingerprint density at radius 2 is 1.77 bits per heavy atom. The Hall–Kier alpha value is -4.49. The number of nitrogens with zero attached hydrogens (tertiary/aromatic N) is 5. The fourth-order valence-electron chi connectivity index (χ4n) is 5.70. The first-order valence-electron chi connectivity index (χ1n) is 12.9. The lowest BCUT2D eigenvalue weighted by atomic mass is 9.81. The molecule has 3 heterocycles. The fraction of sp³-hybridized carbons (Fsp3) is 0.161. The van der Waals surface area contributed by atoms with Crippen molar-refractivity contribution in [3.8, 4) is 5.69 Å². The molecule has 8 heteroatoms. The van der Waals surface area contributed by atoms with E-state index < -0.39 is 5.54 Å². The Morgan fingerprint density at radius 3 is 2.59 bits per heavy atom. The van der Waals surface area contributed by atoms with Gasteiger partial charge in [-0.1, -0.05) is 54.1 Å². The van der Waals surface area contributed by atoms with E-state index in [-0.39, 0.29) is 5.91 Å². The van der Waals surface area contributed by atoms with Crippen molar-refractivity contribution >= 4 is 39.3 Å². The molecule has 192 valence electrons. The third-order valence-corrected chi connectivity index (χ3v) is 8.07. The molecule has 1 N–H and O–H groups in total. The Balaban J connectivity index is 1.32. The van der Waals surface area contributed by atoms with E-state index in [4.69, 9.17) is 16.6 Å². The highest BCUT2D eigenvalue weighted by molar-refractivity contribution is 6.34. The predicted molar refractivity (Wildman–Crippen MR) is 152 cm³/mol. The second-order valence-corrected chi connectivity index (χ2v) is 10.6. The topological polar surface area (TPSA) is 77.6 Å². The fourth-order valence-corrected chi connectivity index (χ4v) is 5.96. The number of carbonyl (C=O) groups is 1. The van der Waals surface area contributed by atoms with Crippen molar-refractivity contribution in [3.63, 3.8) is 0 Å². The molecule has 0 saturated carbocycles. The van der Waals surface area contributed by atoms with Gasteiger partial charge >= 0.3 is 0 Å². The van der Waals surface area contributed by atoms with Gasteiger partial charge in [0.2, 0.25) is 0 Å². The summed E-state index contributed by atoms with van der Waals surface area (Å²) >= 11 is 6.65. The number of benzene rings is 4. The van der Waals surface area contributed by atoms with Crippen LogP contribution in [0.1, 0.15) is 33.7 Å². The van der Waals surface area contributed by atoms with Crippen molar-refractivity contribution < 1.29 is 4.79 Å². The summed E-state index contributed by atoms with van der Waals surface area (Å²) in [7, 11) is 0. The van der Waals surface area contributed by atoms with Crippen LogP contribution in [0.15, 0.2) is 91.5 Å². The molecule has 1 atom stereocenters. The number of nitrogens with one attached hydrogen (secondary N) is 1.